The van der Waals surface area contributed by atoms with E-state index in [0.717, 1.165) is 35.1 Å². The fourth-order valence-electron chi connectivity index (χ4n) is 4.81. The number of unbranched alkanes of at least 4 members (excludes halogenated alkanes) is 1. The third kappa shape index (κ3) is 7.00. The first kappa shape index (κ1) is 30.5. The summed E-state index contributed by atoms with van der Waals surface area (Å²) in [4.78, 5) is 18.2. The molecule has 1 atom stereocenters. The lowest BCUT2D eigenvalue weighted by Crippen LogP contribution is -2.29. The van der Waals surface area contributed by atoms with Gasteiger partial charge in [0.1, 0.15) is 12.6 Å². The molecule has 0 bridgehead atoms. The van der Waals surface area contributed by atoms with E-state index in [9.17, 15) is 4.79 Å². The van der Waals surface area contributed by atoms with Crippen molar-refractivity contribution >= 4 is 35.3 Å². The number of fused-ring (bicyclic) bond motifs is 1. The molecule has 224 valence electrons. The van der Waals surface area contributed by atoms with Gasteiger partial charge in [-0.1, -0.05) is 85.2 Å². The molecule has 0 saturated carbocycles. The van der Waals surface area contributed by atoms with Crippen LogP contribution in [0.3, 0.4) is 0 Å². The normalized spacial score (nSPS) is 14.2. The summed E-state index contributed by atoms with van der Waals surface area (Å²) in [6.07, 6.45) is 1.71. The maximum Gasteiger partial charge on any atom is 0.338 e. The largest absolute Gasteiger partial charge is 0.493 e. The molecular formula is C33H35ClN4O4S. The zero-order valence-corrected chi connectivity index (χ0v) is 26.3. The van der Waals surface area contributed by atoms with Crippen molar-refractivity contribution in [3.8, 4) is 11.5 Å². The molecule has 43 heavy (non-hydrogen) atoms. The number of nitrogens with one attached hydrogen (secondary N) is 1. The fourth-order valence-corrected chi connectivity index (χ4v) is 5.93. The monoisotopic (exact) mass is 618 g/mol. The summed E-state index contributed by atoms with van der Waals surface area (Å²) < 4.78 is 19.3. The number of esters is 1. The van der Waals surface area contributed by atoms with Crippen LogP contribution in [-0.4, -0.2) is 34.5 Å². The van der Waals surface area contributed by atoms with Gasteiger partial charge in [-0.05, 0) is 60.7 Å². The Morgan fingerprint density at radius 1 is 1.05 bits per heavy atom. The molecule has 1 N–H and O–H groups in total. The standard InChI is InChI=1S/C33H35ClN4O4S/c1-5-6-17-41-31(39)29-22(3)35-32-36-33(43-20-25-13-9-10-14-26(25)34)37-38(32)30(29)23-15-16-27(28(18-23)40-4)42-19-24-12-8-7-11-21(24)2/h7-16,18,30H,5-6,17,19-20H2,1-4H3,(H,35,36,37). The second-order valence-electron chi connectivity index (χ2n) is 10.2. The van der Waals surface area contributed by atoms with Crippen LogP contribution >= 0.6 is 23.4 Å². The fraction of sp³-hybridized carbons (Fsp3) is 0.303. The molecule has 4 aromatic rings. The van der Waals surface area contributed by atoms with Crippen LogP contribution in [0.15, 0.2) is 83.2 Å². The summed E-state index contributed by atoms with van der Waals surface area (Å²) in [5.74, 6) is 1.90. The molecule has 0 amide bonds. The summed E-state index contributed by atoms with van der Waals surface area (Å²) >= 11 is 7.85. The van der Waals surface area contributed by atoms with Gasteiger partial charge < -0.3 is 19.5 Å². The van der Waals surface area contributed by atoms with Crippen molar-refractivity contribution in [1.29, 1.82) is 0 Å². The lowest BCUT2D eigenvalue weighted by molar-refractivity contribution is -0.139. The average Bonchev–Trinajstić information content (AvgIpc) is 3.42. The number of allylic oxidation sites excluding steroid dienone is 1. The van der Waals surface area contributed by atoms with Gasteiger partial charge in [0.05, 0.1) is 19.3 Å². The molecule has 3 aromatic carbocycles. The number of anilines is 1. The first-order valence-corrected chi connectivity index (χ1v) is 15.6. The van der Waals surface area contributed by atoms with Gasteiger partial charge in [0.15, 0.2) is 11.5 Å². The number of benzene rings is 3. The number of aromatic nitrogens is 3. The highest BCUT2D eigenvalue weighted by atomic mass is 35.5. The highest BCUT2D eigenvalue weighted by Crippen LogP contribution is 2.40. The quantitative estimate of drug-likeness (QED) is 0.0979. The molecule has 1 unspecified atom stereocenters. The van der Waals surface area contributed by atoms with Crippen LogP contribution in [0.25, 0.3) is 0 Å². The van der Waals surface area contributed by atoms with Crippen molar-refractivity contribution in [2.24, 2.45) is 0 Å². The van der Waals surface area contributed by atoms with E-state index in [1.54, 1.807) is 11.8 Å². The van der Waals surface area contributed by atoms with Gasteiger partial charge in [-0.3, -0.25) is 0 Å². The summed E-state index contributed by atoms with van der Waals surface area (Å²) in [6.45, 7) is 6.72. The van der Waals surface area contributed by atoms with Crippen molar-refractivity contribution in [3.63, 3.8) is 0 Å². The molecule has 5 rings (SSSR count). The topological polar surface area (TPSA) is 87.5 Å². The Balaban J connectivity index is 1.47. The summed E-state index contributed by atoms with van der Waals surface area (Å²) in [5.41, 5.74) is 5.15. The van der Waals surface area contributed by atoms with Crippen molar-refractivity contribution in [3.05, 3.63) is 105 Å². The van der Waals surface area contributed by atoms with Crippen LogP contribution in [0.5, 0.6) is 11.5 Å². The molecule has 0 fully saturated rings. The Morgan fingerprint density at radius 3 is 2.56 bits per heavy atom. The van der Waals surface area contributed by atoms with Gasteiger partial charge in [-0.15, -0.1) is 5.10 Å². The molecule has 0 radical (unpaired) electrons. The van der Waals surface area contributed by atoms with Crippen molar-refractivity contribution in [2.75, 3.05) is 19.0 Å². The minimum absolute atomic E-state index is 0.344. The molecule has 0 spiro atoms. The van der Waals surface area contributed by atoms with Crippen LogP contribution in [0, 0.1) is 6.92 Å². The molecule has 10 heteroatoms. The molecule has 0 saturated heterocycles. The second-order valence-corrected chi connectivity index (χ2v) is 11.6. The predicted octanol–water partition coefficient (Wildman–Crippen LogP) is 7.75. The van der Waals surface area contributed by atoms with E-state index >= 15 is 0 Å². The summed E-state index contributed by atoms with van der Waals surface area (Å²) in [5, 5.41) is 9.35. The number of hydrogen-bond acceptors (Lipinski definition) is 8. The molecule has 8 nitrogen and oxygen atoms in total. The van der Waals surface area contributed by atoms with Crippen LogP contribution in [0.1, 0.15) is 55.0 Å². The lowest BCUT2D eigenvalue weighted by Gasteiger charge is -2.28. The number of carbonyl (C=O) groups is 1. The van der Waals surface area contributed by atoms with Gasteiger partial charge in [-0.2, -0.15) is 4.98 Å². The number of aryl methyl sites for hydroxylation is 1. The average molecular weight is 619 g/mol. The van der Waals surface area contributed by atoms with Gasteiger partial charge in [0.25, 0.3) is 0 Å². The Hall–Kier alpha value is -3.95. The van der Waals surface area contributed by atoms with E-state index in [-0.39, 0.29) is 0 Å². The zero-order chi connectivity index (χ0) is 30.3. The summed E-state index contributed by atoms with van der Waals surface area (Å²) in [6, 6.07) is 20.9. The number of thioether (sulfide) groups is 1. The highest BCUT2D eigenvalue weighted by Gasteiger charge is 2.36. The molecule has 2 heterocycles. The number of methoxy groups -OCH3 is 1. The van der Waals surface area contributed by atoms with Crippen LogP contribution in [-0.2, 0) is 21.9 Å². The predicted molar refractivity (Wildman–Crippen MR) is 170 cm³/mol. The molecule has 1 aliphatic rings. The summed E-state index contributed by atoms with van der Waals surface area (Å²) in [7, 11) is 1.60. The molecule has 1 aliphatic heterocycles. The Morgan fingerprint density at radius 2 is 1.81 bits per heavy atom. The number of rotatable bonds is 12. The molecular weight excluding hydrogens is 584 g/mol. The van der Waals surface area contributed by atoms with E-state index < -0.39 is 12.0 Å². The molecule has 0 aliphatic carbocycles. The number of ether oxygens (including phenoxy) is 3. The van der Waals surface area contributed by atoms with Crippen LogP contribution in [0.4, 0.5) is 5.95 Å². The third-order valence-electron chi connectivity index (χ3n) is 7.25. The first-order chi connectivity index (χ1) is 20.9. The first-order valence-electron chi connectivity index (χ1n) is 14.2. The van der Waals surface area contributed by atoms with Crippen molar-refractivity contribution < 1.29 is 19.0 Å². The van der Waals surface area contributed by atoms with Gasteiger partial charge in [-0.25, -0.2) is 9.48 Å². The van der Waals surface area contributed by atoms with E-state index in [2.05, 4.69) is 25.2 Å². The van der Waals surface area contributed by atoms with Gasteiger partial charge >= 0.3 is 5.97 Å². The third-order valence-corrected chi connectivity index (χ3v) is 8.50. The SMILES string of the molecule is CCCCOC(=O)C1=C(C)Nc2nc(SCc3ccccc3Cl)nn2C1c1ccc(OCc2ccccc2C)c(OC)c1. The zero-order valence-electron chi connectivity index (χ0n) is 24.7. The number of halogens is 1. The van der Waals surface area contributed by atoms with Crippen LogP contribution in [0.2, 0.25) is 5.02 Å². The van der Waals surface area contributed by atoms with Crippen molar-refractivity contribution in [2.45, 2.75) is 57.2 Å². The Bertz CT molecular complexity index is 1640. The van der Waals surface area contributed by atoms with E-state index in [1.807, 2.05) is 67.6 Å². The van der Waals surface area contributed by atoms with E-state index in [4.69, 9.17) is 35.9 Å². The van der Waals surface area contributed by atoms with E-state index in [0.29, 0.717) is 57.9 Å². The lowest BCUT2D eigenvalue weighted by atomic mass is 9.95. The molecule has 1 aromatic heterocycles. The van der Waals surface area contributed by atoms with Crippen molar-refractivity contribution in [1.82, 2.24) is 14.8 Å². The minimum Gasteiger partial charge on any atom is -0.493 e. The number of hydrogen-bond donors (Lipinski definition) is 1. The maximum atomic E-state index is 13.5. The van der Waals surface area contributed by atoms with Crippen LogP contribution < -0.4 is 14.8 Å². The number of nitrogens with zero attached hydrogens (tertiary/aromatic N) is 3. The second kappa shape index (κ2) is 14.0. The van der Waals surface area contributed by atoms with E-state index in [1.165, 1.54) is 11.8 Å². The Kier molecular flexibility index (Phi) is 9.94. The highest BCUT2D eigenvalue weighted by molar-refractivity contribution is 7.98. The minimum atomic E-state index is -0.591. The maximum absolute atomic E-state index is 13.5. The van der Waals surface area contributed by atoms with Gasteiger partial charge in [0, 0.05) is 16.5 Å². The van der Waals surface area contributed by atoms with Gasteiger partial charge in [0.2, 0.25) is 11.1 Å². The number of carbonyl (C=O) groups excluding carboxylic acids is 1. The Labute approximate surface area is 261 Å². The smallest absolute Gasteiger partial charge is 0.338 e.